The summed E-state index contributed by atoms with van der Waals surface area (Å²) < 4.78 is 0. The van der Waals surface area contributed by atoms with Crippen LogP contribution < -0.4 is 40.4 Å². The molecule has 0 heterocycles. The van der Waals surface area contributed by atoms with Crippen LogP contribution in [-0.4, -0.2) is 10.8 Å². The molecule has 108 valence electrons. The van der Waals surface area contributed by atoms with E-state index in [1.54, 1.807) is 12.1 Å². The van der Waals surface area contributed by atoms with Crippen LogP contribution in [0.4, 0.5) is 5.69 Å². The zero-order valence-corrected chi connectivity index (χ0v) is 15.9. The fraction of sp³-hybridized carbons (Fsp3) is 0.125. The molecular formula is C16H13ClNNaO2S. The van der Waals surface area contributed by atoms with Gasteiger partial charge in [0, 0.05) is 28.7 Å². The maximum atomic E-state index is 10.8. The Kier molecular flexibility index (Phi) is 7.03. The molecular weight excluding hydrogens is 329 g/mol. The van der Waals surface area contributed by atoms with Crippen LogP contribution in [0, 0.1) is 6.92 Å². The fourth-order valence-electron chi connectivity index (χ4n) is 2.02. The van der Waals surface area contributed by atoms with Gasteiger partial charge < -0.3 is 15.6 Å². The molecule has 0 saturated carbocycles. The Labute approximate surface area is 161 Å². The molecule has 0 aliphatic rings. The van der Waals surface area contributed by atoms with Gasteiger partial charge in [-0.3, -0.25) is 0 Å². The summed E-state index contributed by atoms with van der Waals surface area (Å²) in [6.45, 7) is 1.99. The van der Waals surface area contributed by atoms with E-state index in [1.165, 1.54) is 0 Å². The second-order valence-corrected chi connectivity index (χ2v) is 5.55. The molecule has 22 heavy (non-hydrogen) atoms. The number of halogens is 1. The number of hydrogen-bond donors (Lipinski definition) is 1. The van der Waals surface area contributed by atoms with E-state index in [9.17, 15) is 9.90 Å². The zero-order chi connectivity index (χ0) is 15.6. The molecule has 0 aromatic heterocycles. The quantitative estimate of drug-likeness (QED) is 0.345. The number of anilines is 1. The first-order valence-corrected chi connectivity index (χ1v) is 7.07. The first kappa shape index (κ1) is 19.1. The van der Waals surface area contributed by atoms with E-state index in [4.69, 9.17) is 29.6 Å². The summed E-state index contributed by atoms with van der Waals surface area (Å²) in [5.41, 5.74) is 9.25. The van der Waals surface area contributed by atoms with Crippen molar-refractivity contribution in [3.05, 3.63) is 63.7 Å². The van der Waals surface area contributed by atoms with Gasteiger partial charge in [-0.1, -0.05) is 53.6 Å². The molecule has 0 atom stereocenters. The van der Waals surface area contributed by atoms with Gasteiger partial charge in [-0.25, -0.2) is 0 Å². The number of carbonyl (C=O) groups excluding carboxylic acids is 1. The number of aryl methyl sites for hydroxylation is 1. The van der Waals surface area contributed by atoms with Gasteiger partial charge in [0.2, 0.25) is 0 Å². The van der Waals surface area contributed by atoms with Crippen LogP contribution in [0.15, 0.2) is 36.4 Å². The van der Waals surface area contributed by atoms with Crippen molar-refractivity contribution >= 4 is 40.3 Å². The number of aliphatic carboxylic acids is 1. The minimum atomic E-state index is -1.23. The van der Waals surface area contributed by atoms with Crippen molar-refractivity contribution in [3.8, 4) is 0 Å². The molecule has 0 aliphatic heterocycles. The zero-order valence-electron chi connectivity index (χ0n) is 12.4. The number of benzene rings is 2. The third-order valence-corrected chi connectivity index (χ3v) is 3.99. The Hall–Kier alpha value is -0.910. The second-order valence-electron chi connectivity index (χ2n) is 4.73. The SMILES string of the molecule is Cc1ccc(C(=S)c2ccc(Cl)c(CC(=O)[O-])c2N)cc1.[Na+]. The predicted octanol–water partition coefficient (Wildman–Crippen LogP) is -0.707. The number of carbonyl (C=O) groups is 1. The normalized spacial score (nSPS) is 9.91. The number of nitrogens with two attached hydrogens (primary N) is 1. The van der Waals surface area contributed by atoms with Crippen molar-refractivity contribution in [2.45, 2.75) is 13.3 Å². The summed E-state index contributed by atoms with van der Waals surface area (Å²) in [6, 6.07) is 11.0. The summed E-state index contributed by atoms with van der Waals surface area (Å²) in [4.78, 5) is 11.4. The van der Waals surface area contributed by atoms with E-state index in [2.05, 4.69) is 0 Å². The molecule has 2 N–H and O–H groups in total. The molecule has 2 rings (SSSR count). The molecule has 2 aromatic rings. The molecule has 0 radical (unpaired) electrons. The van der Waals surface area contributed by atoms with Gasteiger partial charge in [0.05, 0.1) is 4.86 Å². The van der Waals surface area contributed by atoms with Crippen LogP contribution >= 0.6 is 23.8 Å². The molecule has 0 fully saturated rings. The molecule has 0 spiro atoms. The Bertz CT molecular complexity index is 717. The van der Waals surface area contributed by atoms with E-state index in [0.29, 0.717) is 21.0 Å². The summed E-state index contributed by atoms with van der Waals surface area (Å²) >= 11 is 11.5. The first-order chi connectivity index (χ1) is 9.90. The van der Waals surface area contributed by atoms with Crippen molar-refractivity contribution in [1.82, 2.24) is 0 Å². The van der Waals surface area contributed by atoms with Crippen molar-refractivity contribution in [1.29, 1.82) is 0 Å². The topological polar surface area (TPSA) is 66.1 Å². The molecule has 0 saturated heterocycles. The third-order valence-electron chi connectivity index (χ3n) is 3.18. The molecule has 3 nitrogen and oxygen atoms in total. The smallest absolute Gasteiger partial charge is 0.550 e. The van der Waals surface area contributed by atoms with Gasteiger partial charge >= 0.3 is 29.6 Å². The van der Waals surface area contributed by atoms with Crippen molar-refractivity contribution in [3.63, 3.8) is 0 Å². The Morgan fingerprint density at radius 3 is 2.36 bits per heavy atom. The van der Waals surface area contributed by atoms with Crippen molar-refractivity contribution in [2.75, 3.05) is 5.73 Å². The van der Waals surface area contributed by atoms with Crippen molar-refractivity contribution < 1.29 is 39.5 Å². The van der Waals surface area contributed by atoms with Gasteiger partial charge in [0.25, 0.3) is 0 Å². The number of carboxylic acids is 1. The van der Waals surface area contributed by atoms with Crippen LogP contribution in [0.2, 0.25) is 5.02 Å². The number of hydrogen-bond acceptors (Lipinski definition) is 4. The minimum absolute atomic E-state index is 0. The van der Waals surface area contributed by atoms with Gasteiger partial charge in [-0.05, 0) is 30.2 Å². The molecule has 2 aromatic carbocycles. The second kappa shape index (κ2) is 8.09. The number of thiocarbonyl (C=S) groups is 1. The number of nitrogen functional groups attached to an aromatic ring is 1. The molecule has 6 heteroatoms. The van der Waals surface area contributed by atoms with Gasteiger partial charge in [0.1, 0.15) is 0 Å². The first-order valence-electron chi connectivity index (χ1n) is 6.28. The average Bonchev–Trinajstić information content (AvgIpc) is 2.43. The monoisotopic (exact) mass is 341 g/mol. The minimum Gasteiger partial charge on any atom is -0.550 e. The predicted molar refractivity (Wildman–Crippen MR) is 86.6 cm³/mol. The average molecular weight is 342 g/mol. The molecule has 0 unspecified atom stereocenters. The summed E-state index contributed by atoms with van der Waals surface area (Å²) in [5, 5.41) is 11.1. The Morgan fingerprint density at radius 2 is 1.82 bits per heavy atom. The van der Waals surface area contributed by atoms with E-state index < -0.39 is 5.97 Å². The van der Waals surface area contributed by atoms with Gasteiger partial charge in [0.15, 0.2) is 0 Å². The molecule has 0 bridgehead atoms. The third kappa shape index (κ3) is 4.31. The van der Waals surface area contributed by atoms with Gasteiger partial charge in [-0.15, -0.1) is 0 Å². The van der Waals surface area contributed by atoms with Crippen LogP contribution in [-0.2, 0) is 11.2 Å². The Morgan fingerprint density at radius 1 is 1.23 bits per heavy atom. The van der Waals surface area contributed by atoms with Crippen molar-refractivity contribution in [2.24, 2.45) is 0 Å². The van der Waals surface area contributed by atoms with Crippen LogP contribution in [0.5, 0.6) is 0 Å². The summed E-state index contributed by atoms with van der Waals surface area (Å²) in [5.74, 6) is -1.23. The van der Waals surface area contributed by atoms with Gasteiger partial charge in [-0.2, -0.15) is 0 Å². The number of carboxylic acid groups (broad SMARTS) is 1. The van der Waals surface area contributed by atoms with Crippen LogP contribution in [0.3, 0.4) is 0 Å². The summed E-state index contributed by atoms with van der Waals surface area (Å²) in [7, 11) is 0. The molecule has 0 amide bonds. The largest absolute Gasteiger partial charge is 1.00 e. The van der Waals surface area contributed by atoms with Crippen LogP contribution in [0.1, 0.15) is 22.3 Å². The van der Waals surface area contributed by atoms with E-state index in [-0.39, 0.29) is 41.7 Å². The standard InChI is InChI=1S/C16H14ClNO2S.Na/c1-9-2-4-10(5-3-9)16(21)11-6-7-13(17)12(15(11)18)8-14(19)20;/h2-7H,8,18H2,1H3,(H,19,20);/q;+1/p-1. The Balaban J connectivity index is 0.00000242. The van der Waals surface area contributed by atoms with E-state index >= 15 is 0 Å². The number of rotatable bonds is 4. The fourth-order valence-corrected chi connectivity index (χ4v) is 2.57. The van der Waals surface area contributed by atoms with E-state index in [0.717, 1.165) is 11.1 Å². The maximum Gasteiger partial charge on any atom is 1.00 e. The molecule has 0 aliphatic carbocycles. The van der Waals surface area contributed by atoms with Crippen LogP contribution in [0.25, 0.3) is 0 Å². The van der Waals surface area contributed by atoms with E-state index in [1.807, 2.05) is 31.2 Å². The maximum absolute atomic E-state index is 10.8. The summed E-state index contributed by atoms with van der Waals surface area (Å²) in [6.07, 6.45) is -0.338.